The maximum Gasteiger partial charge on any atom is 0.224 e. The van der Waals surface area contributed by atoms with Crippen molar-refractivity contribution in [3.05, 3.63) is 35.8 Å². The molecule has 0 unspecified atom stereocenters. The monoisotopic (exact) mass is 388 g/mol. The largest absolute Gasteiger partial charge is 0.381 e. The van der Waals surface area contributed by atoms with Crippen LogP contribution in [0.25, 0.3) is 10.9 Å². The summed E-state index contributed by atoms with van der Waals surface area (Å²) in [5.74, 6) is -0.251. The highest BCUT2D eigenvalue weighted by Gasteiger charge is 2.31. The Morgan fingerprint density at radius 1 is 1.21 bits per heavy atom. The highest BCUT2D eigenvalue weighted by Crippen LogP contribution is 2.23. The Bertz CT molecular complexity index is 818. The summed E-state index contributed by atoms with van der Waals surface area (Å²) in [5, 5.41) is 3.87. The second kappa shape index (κ2) is 8.59. The molecule has 6 nitrogen and oxygen atoms in total. The number of aromatic nitrogens is 1. The van der Waals surface area contributed by atoms with Gasteiger partial charge in [-0.15, -0.1) is 0 Å². The van der Waals surface area contributed by atoms with Crippen molar-refractivity contribution in [2.45, 2.75) is 44.3 Å². The third-order valence-corrected chi connectivity index (χ3v) is 5.98. The number of ether oxygens (including phenoxy) is 1. The van der Waals surface area contributed by atoms with Crippen molar-refractivity contribution in [2.75, 3.05) is 26.3 Å². The van der Waals surface area contributed by atoms with Gasteiger partial charge in [0.15, 0.2) is 0 Å². The number of rotatable bonds is 4. The standard InChI is InChI=1S/C21H29FN4O2/c22-16-2-4-20-15(9-16)10-18(25-20)11-24-21(27)14-1-3-17(23)13-26(12-14)19-5-7-28-8-6-19/h2,4,9-10,14,17,19,25H,1,3,5-8,11-13,23H2,(H,24,27)/t14-,17+/m1/s1. The topological polar surface area (TPSA) is 83.4 Å². The van der Waals surface area contributed by atoms with E-state index in [1.165, 1.54) is 12.1 Å². The molecule has 152 valence electrons. The van der Waals surface area contributed by atoms with E-state index < -0.39 is 0 Å². The van der Waals surface area contributed by atoms with E-state index in [2.05, 4.69) is 15.2 Å². The molecule has 1 aromatic heterocycles. The fourth-order valence-corrected chi connectivity index (χ4v) is 4.40. The van der Waals surface area contributed by atoms with Gasteiger partial charge in [-0.1, -0.05) is 0 Å². The zero-order chi connectivity index (χ0) is 19.5. The number of carbonyl (C=O) groups is 1. The lowest BCUT2D eigenvalue weighted by Gasteiger charge is -2.35. The average Bonchev–Trinajstić information content (AvgIpc) is 2.99. The van der Waals surface area contributed by atoms with Crippen LogP contribution in [0.2, 0.25) is 0 Å². The molecule has 2 fully saturated rings. The number of amides is 1. The SMILES string of the molecule is N[C@H]1CC[C@@H](C(=O)NCc2cc3cc(F)ccc3[nH]2)CN(C2CCOCC2)C1. The van der Waals surface area contributed by atoms with E-state index in [1.54, 1.807) is 6.07 Å². The smallest absolute Gasteiger partial charge is 0.224 e. The number of nitrogens with zero attached hydrogens (tertiary/aromatic N) is 1. The number of H-pyrrole nitrogens is 1. The lowest BCUT2D eigenvalue weighted by molar-refractivity contribution is -0.126. The van der Waals surface area contributed by atoms with Crippen LogP contribution in [0, 0.1) is 11.7 Å². The van der Waals surface area contributed by atoms with Crippen LogP contribution in [0.3, 0.4) is 0 Å². The molecule has 4 rings (SSSR count). The summed E-state index contributed by atoms with van der Waals surface area (Å²) < 4.78 is 18.8. The second-order valence-corrected chi connectivity index (χ2v) is 8.08. The molecule has 2 aromatic rings. The molecule has 0 bridgehead atoms. The Morgan fingerprint density at radius 2 is 2.04 bits per heavy atom. The molecule has 28 heavy (non-hydrogen) atoms. The number of hydrogen-bond acceptors (Lipinski definition) is 4. The van der Waals surface area contributed by atoms with E-state index in [0.29, 0.717) is 12.6 Å². The van der Waals surface area contributed by atoms with E-state index in [4.69, 9.17) is 10.5 Å². The number of likely N-dealkylation sites (tertiary alicyclic amines) is 1. The fraction of sp³-hybridized carbons (Fsp3) is 0.571. The van der Waals surface area contributed by atoms with Gasteiger partial charge in [0.2, 0.25) is 5.91 Å². The van der Waals surface area contributed by atoms with Gasteiger partial charge >= 0.3 is 0 Å². The van der Waals surface area contributed by atoms with Gasteiger partial charge in [0, 0.05) is 55.0 Å². The third-order valence-electron chi connectivity index (χ3n) is 5.98. The van der Waals surface area contributed by atoms with Gasteiger partial charge in [0.25, 0.3) is 0 Å². The third kappa shape index (κ3) is 4.54. The minimum absolute atomic E-state index is 0.0572. The predicted molar refractivity (Wildman–Crippen MR) is 106 cm³/mol. The second-order valence-electron chi connectivity index (χ2n) is 8.08. The lowest BCUT2D eigenvalue weighted by Crippen LogP contribution is -2.47. The van der Waals surface area contributed by atoms with Crippen molar-refractivity contribution >= 4 is 16.8 Å². The van der Waals surface area contributed by atoms with Crippen LogP contribution in [-0.4, -0.2) is 54.2 Å². The zero-order valence-electron chi connectivity index (χ0n) is 16.1. The first-order valence-electron chi connectivity index (χ1n) is 10.2. The molecule has 3 heterocycles. The molecule has 2 aliphatic heterocycles. The maximum absolute atomic E-state index is 13.4. The van der Waals surface area contributed by atoms with E-state index in [1.807, 2.05) is 6.07 Å². The van der Waals surface area contributed by atoms with Crippen LogP contribution in [0.4, 0.5) is 4.39 Å². The van der Waals surface area contributed by atoms with E-state index >= 15 is 0 Å². The number of fused-ring (bicyclic) bond motifs is 1. The highest BCUT2D eigenvalue weighted by molar-refractivity contribution is 5.81. The Hall–Kier alpha value is -1.96. The summed E-state index contributed by atoms with van der Waals surface area (Å²) in [5.41, 5.74) is 8.02. The lowest BCUT2D eigenvalue weighted by atomic mass is 10.0. The van der Waals surface area contributed by atoms with Gasteiger partial charge in [-0.05, 0) is 49.9 Å². The first-order chi connectivity index (χ1) is 13.6. The van der Waals surface area contributed by atoms with Crippen molar-refractivity contribution in [2.24, 2.45) is 11.7 Å². The molecule has 1 amide bonds. The van der Waals surface area contributed by atoms with Crippen LogP contribution in [0.5, 0.6) is 0 Å². The van der Waals surface area contributed by atoms with E-state index in [9.17, 15) is 9.18 Å². The fourth-order valence-electron chi connectivity index (χ4n) is 4.40. The van der Waals surface area contributed by atoms with Crippen LogP contribution in [0.1, 0.15) is 31.4 Å². The molecule has 0 saturated carbocycles. The summed E-state index contributed by atoms with van der Waals surface area (Å²) in [4.78, 5) is 18.5. The quantitative estimate of drug-likeness (QED) is 0.749. The number of halogens is 1. The summed E-state index contributed by atoms with van der Waals surface area (Å²) in [7, 11) is 0. The first-order valence-corrected chi connectivity index (χ1v) is 10.2. The normalized spacial score (nSPS) is 24.9. The number of nitrogens with two attached hydrogens (primary N) is 1. The molecule has 2 atom stereocenters. The van der Waals surface area contributed by atoms with Crippen LogP contribution >= 0.6 is 0 Å². The Labute approximate surface area is 164 Å². The number of hydrogen-bond donors (Lipinski definition) is 3. The number of nitrogens with one attached hydrogen (secondary N) is 2. The Balaban J connectivity index is 1.38. The van der Waals surface area contributed by atoms with Crippen molar-refractivity contribution in [3.8, 4) is 0 Å². The minimum Gasteiger partial charge on any atom is -0.381 e. The van der Waals surface area contributed by atoms with Crippen molar-refractivity contribution < 1.29 is 13.9 Å². The summed E-state index contributed by atoms with van der Waals surface area (Å²) in [6.45, 7) is 3.58. The van der Waals surface area contributed by atoms with Crippen molar-refractivity contribution in [3.63, 3.8) is 0 Å². The maximum atomic E-state index is 13.4. The van der Waals surface area contributed by atoms with Gasteiger partial charge in [-0.3, -0.25) is 9.69 Å². The molecule has 2 aliphatic rings. The summed E-state index contributed by atoms with van der Waals surface area (Å²) in [6, 6.07) is 7.10. The van der Waals surface area contributed by atoms with Gasteiger partial charge in [0.05, 0.1) is 12.5 Å². The Morgan fingerprint density at radius 3 is 2.86 bits per heavy atom. The van der Waals surface area contributed by atoms with Crippen LogP contribution < -0.4 is 11.1 Å². The number of aromatic amines is 1. The molecular formula is C21H29FN4O2. The molecule has 1 aromatic carbocycles. The number of carbonyl (C=O) groups excluding carboxylic acids is 1. The van der Waals surface area contributed by atoms with Crippen molar-refractivity contribution in [1.82, 2.24) is 15.2 Å². The van der Waals surface area contributed by atoms with Gasteiger partial charge in [-0.25, -0.2) is 4.39 Å². The van der Waals surface area contributed by atoms with Crippen molar-refractivity contribution in [1.29, 1.82) is 0 Å². The molecular weight excluding hydrogens is 359 g/mol. The van der Waals surface area contributed by atoms with Gasteiger partial charge in [-0.2, -0.15) is 0 Å². The van der Waals surface area contributed by atoms with E-state index in [0.717, 1.165) is 68.6 Å². The number of benzene rings is 1. The van der Waals surface area contributed by atoms with Gasteiger partial charge < -0.3 is 20.8 Å². The molecule has 2 saturated heterocycles. The van der Waals surface area contributed by atoms with Crippen LogP contribution in [-0.2, 0) is 16.1 Å². The molecule has 4 N–H and O–H groups in total. The highest BCUT2D eigenvalue weighted by atomic mass is 19.1. The average molecular weight is 388 g/mol. The molecule has 7 heteroatoms. The molecule has 0 aliphatic carbocycles. The predicted octanol–water partition coefficient (Wildman–Crippen LogP) is 2.14. The zero-order valence-corrected chi connectivity index (χ0v) is 16.1. The summed E-state index contributed by atoms with van der Waals surface area (Å²) in [6.07, 6.45) is 3.69. The van der Waals surface area contributed by atoms with E-state index in [-0.39, 0.29) is 23.7 Å². The molecule has 0 radical (unpaired) electrons. The van der Waals surface area contributed by atoms with Crippen LogP contribution in [0.15, 0.2) is 24.3 Å². The minimum atomic E-state index is -0.259. The first kappa shape index (κ1) is 19.4. The Kier molecular flexibility index (Phi) is 5.94. The van der Waals surface area contributed by atoms with Gasteiger partial charge in [0.1, 0.15) is 5.82 Å². The molecule has 0 spiro atoms. The summed E-state index contributed by atoms with van der Waals surface area (Å²) >= 11 is 0.